The minimum atomic E-state index is -0.176. The van der Waals surface area contributed by atoms with Crippen LogP contribution in [0.15, 0.2) is 36.7 Å². The van der Waals surface area contributed by atoms with Gasteiger partial charge in [0.05, 0.1) is 12.4 Å². The molecule has 0 aliphatic carbocycles. The van der Waals surface area contributed by atoms with Crippen LogP contribution in [0.1, 0.15) is 63.0 Å². The third kappa shape index (κ3) is 5.55. The summed E-state index contributed by atoms with van der Waals surface area (Å²) < 4.78 is 0. The summed E-state index contributed by atoms with van der Waals surface area (Å²) in [5, 5.41) is 6.17. The summed E-state index contributed by atoms with van der Waals surface area (Å²) in [4.78, 5) is 20.6. The third-order valence-electron chi connectivity index (χ3n) is 3.95. The number of nitrogens with zero attached hydrogens (tertiary/aromatic N) is 2. The lowest BCUT2D eigenvalue weighted by atomic mass is 9.86. The number of nitrogens with one attached hydrogen (secondary N) is 2. The van der Waals surface area contributed by atoms with Crippen LogP contribution in [-0.2, 0) is 5.41 Å². The maximum absolute atomic E-state index is 12.0. The second-order valence-electron chi connectivity index (χ2n) is 7.17. The largest absolute Gasteiger partial charge is 0.351 e. The molecular formula is C20H28N4O. The van der Waals surface area contributed by atoms with Gasteiger partial charge in [0.25, 0.3) is 5.91 Å². The molecule has 1 aromatic heterocycles. The van der Waals surface area contributed by atoms with Gasteiger partial charge in [-0.25, -0.2) is 9.97 Å². The number of rotatable bonds is 7. The van der Waals surface area contributed by atoms with Crippen molar-refractivity contribution >= 4 is 17.4 Å². The van der Waals surface area contributed by atoms with Gasteiger partial charge < -0.3 is 10.6 Å². The monoisotopic (exact) mass is 340 g/mol. The minimum Gasteiger partial charge on any atom is -0.351 e. The van der Waals surface area contributed by atoms with E-state index in [9.17, 15) is 4.79 Å². The van der Waals surface area contributed by atoms with Gasteiger partial charge in [-0.05, 0) is 23.5 Å². The molecule has 0 bridgehead atoms. The molecule has 0 atom stereocenters. The molecule has 1 amide bonds. The number of carbonyl (C=O) groups excluding carboxylic acids is 1. The van der Waals surface area contributed by atoms with Crippen molar-refractivity contribution in [1.82, 2.24) is 15.3 Å². The van der Waals surface area contributed by atoms with Gasteiger partial charge in [-0.3, -0.25) is 4.79 Å². The SMILES string of the molecule is CCCCCNC(=O)c1cnc(Nc2ccccc2C(C)(C)C)cn1. The first-order chi connectivity index (χ1) is 11.9. The van der Waals surface area contributed by atoms with Crippen LogP contribution in [0.3, 0.4) is 0 Å². The number of hydrogen-bond acceptors (Lipinski definition) is 4. The summed E-state index contributed by atoms with van der Waals surface area (Å²) in [5.74, 6) is 0.449. The van der Waals surface area contributed by atoms with Crippen molar-refractivity contribution < 1.29 is 4.79 Å². The zero-order valence-electron chi connectivity index (χ0n) is 15.6. The van der Waals surface area contributed by atoms with Crippen LogP contribution in [0.4, 0.5) is 11.5 Å². The number of hydrogen-bond donors (Lipinski definition) is 2. The van der Waals surface area contributed by atoms with Gasteiger partial charge in [0.2, 0.25) is 0 Å². The van der Waals surface area contributed by atoms with Crippen LogP contribution in [0, 0.1) is 0 Å². The van der Waals surface area contributed by atoms with Gasteiger partial charge >= 0.3 is 0 Å². The Hall–Kier alpha value is -2.43. The summed E-state index contributed by atoms with van der Waals surface area (Å²) >= 11 is 0. The number of anilines is 2. The lowest BCUT2D eigenvalue weighted by Crippen LogP contribution is -2.25. The quantitative estimate of drug-likeness (QED) is 0.731. The first-order valence-electron chi connectivity index (χ1n) is 8.88. The van der Waals surface area contributed by atoms with Gasteiger partial charge in [0, 0.05) is 12.2 Å². The summed E-state index contributed by atoms with van der Waals surface area (Å²) in [5.41, 5.74) is 2.57. The van der Waals surface area contributed by atoms with Crippen LogP contribution in [0.25, 0.3) is 0 Å². The molecule has 5 heteroatoms. The smallest absolute Gasteiger partial charge is 0.271 e. The van der Waals surface area contributed by atoms with E-state index >= 15 is 0 Å². The van der Waals surface area contributed by atoms with Crippen LogP contribution in [0.2, 0.25) is 0 Å². The van der Waals surface area contributed by atoms with Crippen molar-refractivity contribution in [2.45, 2.75) is 52.4 Å². The first kappa shape index (κ1) is 18.9. The molecule has 0 saturated carbocycles. The van der Waals surface area contributed by atoms with Crippen LogP contribution in [-0.4, -0.2) is 22.4 Å². The van der Waals surface area contributed by atoms with E-state index in [-0.39, 0.29) is 11.3 Å². The van der Waals surface area contributed by atoms with E-state index in [2.05, 4.69) is 54.4 Å². The maximum atomic E-state index is 12.0. The molecule has 2 N–H and O–H groups in total. The van der Waals surface area contributed by atoms with Crippen molar-refractivity contribution in [3.05, 3.63) is 47.9 Å². The Labute approximate surface area is 150 Å². The Morgan fingerprint density at radius 3 is 2.48 bits per heavy atom. The predicted molar refractivity (Wildman–Crippen MR) is 102 cm³/mol. The van der Waals surface area contributed by atoms with E-state index in [1.54, 1.807) is 6.20 Å². The third-order valence-corrected chi connectivity index (χ3v) is 3.95. The number of benzene rings is 1. The summed E-state index contributed by atoms with van der Waals surface area (Å²) in [6.07, 6.45) is 6.34. The first-order valence-corrected chi connectivity index (χ1v) is 8.88. The van der Waals surface area contributed by atoms with Crippen LogP contribution in [0.5, 0.6) is 0 Å². The predicted octanol–water partition coefficient (Wildman–Crippen LogP) is 4.44. The van der Waals surface area contributed by atoms with Crippen LogP contribution < -0.4 is 10.6 Å². The van der Waals surface area contributed by atoms with Gasteiger partial charge in [-0.1, -0.05) is 58.7 Å². The molecule has 0 aliphatic heterocycles. The highest BCUT2D eigenvalue weighted by Gasteiger charge is 2.17. The fraction of sp³-hybridized carbons (Fsp3) is 0.450. The summed E-state index contributed by atoms with van der Waals surface area (Å²) in [6, 6.07) is 8.15. The molecule has 0 fully saturated rings. The van der Waals surface area contributed by atoms with Gasteiger partial charge in [0.1, 0.15) is 11.5 Å². The fourth-order valence-electron chi connectivity index (χ4n) is 2.56. The Balaban J connectivity index is 2.03. The van der Waals surface area contributed by atoms with E-state index in [0.29, 0.717) is 18.1 Å². The van der Waals surface area contributed by atoms with Crippen molar-refractivity contribution in [3.63, 3.8) is 0 Å². The molecule has 134 valence electrons. The molecule has 5 nitrogen and oxygen atoms in total. The Bertz CT molecular complexity index is 690. The molecule has 1 aromatic carbocycles. The fourth-order valence-corrected chi connectivity index (χ4v) is 2.56. The number of carbonyl (C=O) groups is 1. The lowest BCUT2D eigenvalue weighted by molar-refractivity contribution is 0.0947. The lowest BCUT2D eigenvalue weighted by Gasteiger charge is -2.23. The number of unbranched alkanes of at least 4 members (excludes halogenated alkanes) is 2. The molecule has 25 heavy (non-hydrogen) atoms. The zero-order valence-corrected chi connectivity index (χ0v) is 15.6. The number of para-hydroxylation sites is 1. The second-order valence-corrected chi connectivity index (χ2v) is 7.17. The molecule has 0 spiro atoms. The number of aromatic nitrogens is 2. The van der Waals surface area contributed by atoms with E-state index in [1.807, 2.05) is 18.2 Å². The molecule has 1 heterocycles. The normalized spacial score (nSPS) is 11.2. The number of amides is 1. The summed E-state index contributed by atoms with van der Waals surface area (Å²) in [7, 11) is 0. The molecule has 2 rings (SSSR count). The molecule has 0 saturated heterocycles. The molecular weight excluding hydrogens is 312 g/mol. The molecule has 0 unspecified atom stereocenters. The zero-order chi connectivity index (χ0) is 18.3. The summed E-state index contributed by atoms with van der Waals surface area (Å²) in [6.45, 7) is 9.33. The van der Waals surface area contributed by atoms with Crippen molar-refractivity contribution in [2.75, 3.05) is 11.9 Å². The Kier molecular flexibility index (Phi) is 6.51. The average molecular weight is 340 g/mol. The standard InChI is InChI=1S/C20H28N4O/c1-5-6-9-12-21-19(25)17-13-23-18(14-22-17)24-16-11-8-7-10-15(16)20(2,3)4/h7-8,10-11,13-14H,5-6,9,12H2,1-4H3,(H,21,25)(H,23,24). The second kappa shape index (κ2) is 8.60. The van der Waals surface area contributed by atoms with Crippen LogP contribution >= 0.6 is 0 Å². The molecule has 0 radical (unpaired) electrons. The topological polar surface area (TPSA) is 66.9 Å². The molecule has 2 aromatic rings. The minimum absolute atomic E-state index is 0.0232. The van der Waals surface area contributed by atoms with E-state index < -0.39 is 0 Å². The maximum Gasteiger partial charge on any atom is 0.271 e. The Morgan fingerprint density at radius 1 is 1.08 bits per heavy atom. The highest BCUT2D eigenvalue weighted by Crippen LogP contribution is 2.30. The molecule has 0 aliphatic rings. The van der Waals surface area contributed by atoms with Crippen molar-refractivity contribution in [2.24, 2.45) is 0 Å². The van der Waals surface area contributed by atoms with E-state index in [4.69, 9.17) is 0 Å². The van der Waals surface area contributed by atoms with E-state index in [0.717, 1.165) is 24.9 Å². The average Bonchev–Trinajstić information content (AvgIpc) is 2.59. The highest BCUT2D eigenvalue weighted by atomic mass is 16.1. The van der Waals surface area contributed by atoms with Gasteiger partial charge in [-0.15, -0.1) is 0 Å². The van der Waals surface area contributed by atoms with Gasteiger partial charge in [0.15, 0.2) is 0 Å². The van der Waals surface area contributed by atoms with Crippen molar-refractivity contribution in [3.8, 4) is 0 Å². The van der Waals surface area contributed by atoms with E-state index in [1.165, 1.54) is 11.8 Å². The van der Waals surface area contributed by atoms with Crippen molar-refractivity contribution in [1.29, 1.82) is 0 Å². The highest BCUT2D eigenvalue weighted by molar-refractivity contribution is 5.92. The Morgan fingerprint density at radius 2 is 1.84 bits per heavy atom. The van der Waals surface area contributed by atoms with Gasteiger partial charge in [-0.2, -0.15) is 0 Å².